The Labute approximate surface area is 337 Å². The Bertz CT molecular complexity index is 1880. The van der Waals surface area contributed by atoms with Crippen LogP contribution in [-0.4, -0.2) is 131 Å². The summed E-state index contributed by atoms with van der Waals surface area (Å²) in [7, 11) is -3.64. The van der Waals surface area contributed by atoms with Crippen molar-refractivity contribution in [3.63, 3.8) is 0 Å². The molecule has 57 heavy (non-hydrogen) atoms. The number of rotatable bonds is 11. The number of likely N-dealkylation sites (tertiary alicyclic amines) is 2. The molecule has 1 aromatic carbocycles. The second kappa shape index (κ2) is 16.2. The van der Waals surface area contributed by atoms with Crippen LogP contribution in [0.25, 0.3) is 0 Å². The largest absolute Gasteiger partial charge is 0.451 e. The Balaban J connectivity index is 0.864. The van der Waals surface area contributed by atoms with E-state index in [1.165, 1.54) is 24.5 Å². The average molecular weight is 813 g/mol. The number of ether oxygens (including phenoxy) is 2. The van der Waals surface area contributed by atoms with Crippen LogP contribution in [0.5, 0.6) is 11.5 Å². The molecular formula is C41H61FN8O6S. The first-order chi connectivity index (χ1) is 26.9. The van der Waals surface area contributed by atoms with Crippen molar-refractivity contribution >= 4 is 28.0 Å². The molecule has 1 aromatic heterocycles. The number of piperazine rings is 1. The molecule has 4 aliphatic heterocycles. The average Bonchev–Trinajstić information content (AvgIpc) is 3.75. The predicted octanol–water partition coefficient (Wildman–Crippen LogP) is 5.66. The first kappa shape index (κ1) is 41.6. The van der Waals surface area contributed by atoms with E-state index in [9.17, 15) is 22.4 Å². The van der Waals surface area contributed by atoms with Crippen molar-refractivity contribution in [2.24, 2.45) is 11.3 Å². The maximum Gasteiger partial charge on any atom is 0.410 e. The zero-order valence-corrected chi connectivity index (χ0v) is 35.4. The monoisotopic (exact) mass is 812 g/mol. The number of piperidine rings is 1. The molecule has 5 fully saturated rings. The minimum Gasteiger partial charge on any atom is -0.451 e. The van der Waals surface area contributed by atoms with E-state index in [1.54, 1.807) is 20.3 Å². The summed E-state index contributed by atoms with van der Waals surface area (Å²) < 4.78 is 57.8. The molecule has 1 spiro atoms. The Morgan fingerprint density at radius 2 is 1.68 bits per heavy atom. The van der Waals surface area contributed by atoms with E-state index in [2.05, 4.69) is 24.5 Å². The molecule has 5 heterocycles. The smallest absolute Gasteiger partial charge is 0.410 e. The number of hydrogen-bond acceptors (Lipinski definition) is 10. The van der Waals surface area contributed by atoms with Crippen LogP contribution in [0.15, 0.2) is 30.7 Å². The second-order valence-corrected chi connectivity index (χ2v) is 20.3. The van der Waals surface area contributed by atoms with Gasteiger partial charge in [0.15, 0.2) is 11.6 Å². The third kappa shape index (κ3) is 9.18. The Hall–Kier alpha value is -3.60. The van der Waals surface area contributed by atoms with Crippen molar-refractivity contribution in [1.29, 1.82) is 0 Å². The molecule has 2 amide bonds. The second-order valence-electron chi connectivity index (χ2n) is 18.6. The molecular weight excluding hydrogens is 752 g/mol. The standard InChI is InChI=1S/C41H61FN8O6S/c1-27(2)50(28(3)4)38(51)34-18-30(42)10-13-35(34)55-36-20-43-26-44-37(36)47-24-41(25-47)14-16-46(17-15-41)21-29-8-11-31(12-9-29)45-57(53,54)49-23-32-19-33(49)22-48(32)39(52)56-40(5,6)7/h10,13,18,20,26-29,31-33,45H,8-9,11-12,14-17,19,21-25H2,1-7H3/t29?,31?,32-,33-/m1/s1. The quantitative estimate of drug-likeness (QED) is 0.303. The predicted molar refractivity (Wildman–Crippen MR) is 215 cm³/mol. The van der Waals surface area contributed by atoms with Gasteiger partial charge < -0.3 is 29.1 Å². The number of amides is 2. The van der Waals surface area contributed by atoms with Gasteiger partial charge in [-0.25, -0.2) is 19.2 Å². The van der Waals surface area contributed by atoms with E-state index in [0.717, 1.165) is 71.2 Å². The number of nitrogens with zero attached hydrogens (tertiary/aromatic N) is 7. The number of halogens is 1. The summed E-state index contributed by atoms with van der Waals surface area (Å²) in [4.78, 5) is 43.2. The van der Waals surface area contributed by atoms with E-state index in [4.69, 9.17) is 9.47 Å². The number of nitrogens with one attached hydrogen (secondary N) is 1. The topological polar surface area (TPSA) is 141 Å². The van der Waals surface area contributed by atoms with Gasteiger partial charge in [-0.1, -0.05) is 0 Å². The van der Waals surface area contributed by atoms with Gasteiger partial charge in [-0.15, -0.1) is 0 Å². The van der Waals surface area contributed by atoms with Crippen LogP contribution in [-0.2, 0) is 14.9 Å². The summed E-state index contributed by atoms with van der Waals surface area (Å²) >= 11 is 0. The minimum absolute atomic E-state index is 0.0708. The van der Waals surface area contributed by atoms with Gasteiger partial charge >= 0.3 is 6.09 Å². The molecule has 4 saturated heterocycles. The van der Waals surface area contributed by atoms with Crippen LogP contribution in [0, 0.1) is 17.2 Å². The highest BCUT2D eigenvalue weighted by molar-refractivity contribution is 7.87. The van der Waals surface area contributed by atoms with Crippen molar-refractivity contribution in [1.82, 2.24) is 33.7 Å². The molecule has 1 aliphatic carbocycles. The fourth-order valence-electron chi connectivity index (χ4n) is 9.72. The SMILES string of the molecule is CC(C)N(C(=O)c1cc(F)ccc1Oc1cncnc1N1CC2(CCN(CC3CCC(NS(=O)(=O)N4C[C@H]5C[C@@H]4CN5C(=O)OC(C)(C)C)CC3)CC2)C1)C(C)C. The fraction of sp³-hybridized carbons (Fsp3) is 0.707. The van der Waals surface area contributed by atoms with Crippen molar-refractivity contribution in [2.45, 2.75) is 129 Å². The van der Waals surface area contributed by atoms with E-state index < -0.39 is 21.6 Å². The van der Waals surface area contributed by atoms with Crippen LogP contribution in [0.1, 0.15) is 104 Å². The number of aromatic nitrogens is 2. The van der Waals surface area contributed by atoms with Gasteiger partial charge in [0.2, 0.25) is 0 Å². The lowest BCUT2D eigenvalue weighted by Crippen LogP contribution is -2.61. The Morgan fingerprint density at radius 3 is 2.30 bits per heavy atom. The molecule has 16 heteroatoms. The zero-order chi connectivity index (χ0) is 40.9. The van der Waals surface area contributed by atoms with Crippen LogP contribution in [0.4, 0.5) is 15.0 Å². The van der Waals surface area contributed by atoms with Gasteiger partial charge in [-0.2, -0.15) is 17.4 Å². The number of carbonyl (C=O) groups excluding carboxylic acids is 2. The lowest BCUT2D eigenvalue weighted by molar-refractivity contribution is 0.0171. The van der Waals surface area contributed by atoms with Crippen molar-refractivity contribution in [3.8, 4) is 11.5 Å². The van der Waals surface area contributed by atoms with Crippen LogP contribution in [0.2, 0.25) is 0 Å². The summed E-state index contributed by atoms with van der Waals surface area (Å²) in [6.07, 6.45) is 9.19. The molecule has 1 saturated carbocycles. The summed E-state index contributed by atoms with van der Waals surface area (Å²) in [5.74, 6) is 1.11. The molecule has 1 N–H and O–H groups in total. The normalized spacial score (nSPS) is 25.3. The Kier molecular flexibility index (Phi) is 11.8. The van der Waals surface area contributed by atoms with Gasteiger partial charge in [-0.3, -0.25) is 4.79 Å². The van der Waals surface area contributed by atoms with E-state index in [1.807, 2.05) is 48.5 Å². The molecule has 5 aliphatic rings. The minimum atomic E-state index is -3.64. The molecule has 0 unspecified atom stereocenters. The molecule has 14 nitrogen and oxygen atoms in total. The first-order valence-electron chi connectivity index (χ1n) is 20.8. The van der Waals surface area contributed by atoms with Gasteiger partial charge in [0.1, 0.15) is 23.5 Å². The summed E-state index contributed by atoms with van der Waals surface area (Å²) in [5.41, 5.74) is -0.229. The van der Waals surface area contributed by atoms with Crippen molar-refractivity contribution < 1.29 is 31.9 Å². The van der Waals surface area contributed by atoms with Crippen LogP contribution < -0.4 is 14.4 Å². The number of benzene rings is 1. The lowest BCUT2D eigenvalue weighted by atomic mass is 9.71. The summed E-state index contributed by atoms with van der Waals surface area (Å²) in [6, 6.07) is 3.46. The van der Waals surface area contributed by atoms with Crippen molar-refractivity contribution in [2.75, 3.05) is 50.7 Å². The maximum atomic E-state index is 14.4. The third-order valence-corrected chi connectivity index (χ3v) is 14.2. The summed E-state index contributed by atoms with van der Waals surface area (Å²) in [5, 5.41) is 0. The van der Waals surface area contributed by atoms with Gasteiger partial charge in [0.25, 0.3) is 16.1 Å². The van der Waals surface area contributed by atoms with Gasteiger partial charge in [-0.05, 0) is 131 Å². The van der Waals surface area contributed by atoms with Gasteiger partial charge in [0, 0.05) is 62.3 Å². The highest BCUT2D eigenvalue weighted by Crippen LogP contribution is 2.45. The lowest BCUT2D eigenvalue weighted by Gasteiger charge is -2.54. The Morgan fingerprint density at radius 1 is 1.00 bits per heavy atom. The van der Waals surface area contributed by atoms with Crippen LogP contribution in [0.3, 0.4) is 0 Å². The number of carbonyl (C=O) groups is 2. The maximum absolute atomic E-state index is 14.4. The highest BCUT2D eigenvalue weighted by Gasteiger charge is 2.51. The number of fused-ring (bicyclic) bond motifs is 2. The van der Waals surface area contributed by atoms with Crippen LogP contribution >= 0.6 is 0 Å². The first-order valence-corrected chi connectivity index (χ1v) is 22.2. The number of hydrogen-bond donors (Lipinski definition) is 1. The van der Waals surface area contributed by atoms with Gasteiger partial charge in [0.05, 0.1) is 17.8 Å². The van der Waals surface area contributed by atoms with E-state index >= 15 is 0 Å². The molecule has 0 radical (unpaired) electrons. The number of anilines is 1. The fourth-order valence-corrected chi connectivity index (χ4v) is 11.4. The molecule has 314 valence electrons. The molecule has 2 aromatic rings. The molecule has 2 bridgehead atoms. The zero-order valence-electron chi connectivity index (χ0n) is 34.6. The summed E-state index contributed by atoms with van der Waals surface area (Å²) in [6.45, 7) is 18.7. The van der Waals surface area contributed by atoms with Crippen molar-refractivity contribution in [3.05, 3.63) is 42.1 Å². The highest BCUT2D eigenvalue weighted by atomic mass is 32.2. The molecule has 7 rings (SSSR count). The third-order valence-electron chi connectivity index (χ3n) is 12.5. The van der Waals surface area contributed by atoms with E-state index in [-0.39, 0.29) is 58.9 Å². The molecule has 2 atom stereocenters. The van der Waals surface area contributed by atoms with E-state index in [0.29, 0.717) is 37.0 Å².